The lowest BCUT2D eigenvalue weighted by Gasteiger charge is -2.29. The minimum absolute atomic E-state index is 0.0865. The second-order valence-corrected chi connectivity index (χ2v) is 10.6. The van der Waals surface area contributed by atoms with Crippen LogP contribution in [0.3, 0.4) is 0 Å². The predicted molar refractivity (Wildman–Crippen MR) is 135 cm³/mol. The maximum absolute atomic E-state index is 13.6. The molecule has 0 radical (unpaired) electrons. The summed E-state index contributed by atoms with van der Waals surface area (Å²) in [5, 5.41) is 6.68. The fourth-order valence-electron chi connectivity index (χ4n) is 3.69. The highest BCUT2D eigenvalue weighted by Gasteiger charge is 2.61. The fraction of sp³-hybridized carbons (Fsp3) is 0.333. The third-order valence-corrected chi connectivity index (χ3v) is 7.20. The molecule has 1 atom stereocenters. The summed E-state index contributed by atoms with van der Waals surface area (Å²) in [6.45, 7) is 4.39. The number of halogens is 3. The number of carbonyl (C=O) groups is 1. The van der Waals surface area contributed by atoms with Crippen LogP contribution in [0.1, 0.15) is 40.9 Å². The highest BCUT2D eigenvalue weighted by molar-refractivity contribution is 7.54. The van der Waals surface area contributed by atoms with E-state index in [0.29, 0.717) is 29.5 Å². The van der Waals surface area contributed by atoms with E-state index in [1.165, 1.54) is 6.20 Å². The highest BCUT2D eigenvalue weighted by atomic mass is 31.2. The van der Waals surface area contributed by atoms with Gasteiger partial charge in [-0.3, -0.25) is 9.20 Å². The van der Waals surface area contributed by atoms with Gasteiger partial charge < -0.3 is 9.84 Å². The van der Waals surface area contributed by atoms with Crippen molar-refractivity contribution in [2.24, 2.45) is 0 Å². The van der Waals surface area contributed by atoms with Gasteiger partial charge in [0.15, 0.2) is 0 Å². The number of imidazole rings is 1. The standard InChI is InChI=1S/C24H25F3N5O6P/c1-14-8-10-32-18(13-28-19(32)11-14)22(33)29-17-12-16(6-5-15(17)2)21-30-20(37-31-21)7-9-23(3,24(25,26)27)38-39(34,35)36-4/h5-6,8,10-13,34-35H,7,9H2,1-4H3/p+1. The van der Waals surface area contributed by atoms with Crippen molar-refractivity contribution in [1.29, 1.82) is 0 Å². The average molecular weight is 568 g/mol. The number of pyridine rings is 1. The van der Waals surface area contributed by atoms with Crippen LogP contribution in [0.15, 0.2) is 47.2 Å². The van der Waals surface area contributed by atoms with Crippen LogP contribution in [0, 0.1) is 13.8 Å². The van der Waals surface area contributed by atoms with Crippen molar-refractivity contribution in [3.63, 3.8) is 0 Å². The zero-order valence-electron chi connectivity index (χ0n) is 21.4. The predicted octanol–water partition coefficient (Wildman–Crippen LogP) is 4.83. The van der Waals surface area contributed by atoms with E-state index < -0.39 is 32.3 Å². The Morgan fingerprint density at radius 2 is 1.95 bits per heavy atom. The number of rotatable bonds is 9. The van der Waals surface area contributed by atoms with Crippen molar-refractivity contribution < 1.29 is 41.3 Å². The number of aryl methyl sites for hydroxylation is 3. The number of carbonyl (C=O) groups excluding carboxylic acids is 1. The van der Waals surface area contributed by atoms with Gasteiger partial charge in [-0.05, 0) is 56.5 Å². The van der Waals surface area contributed by atoms with E-state index in [9.17, 15) is 27.8 Å². The summed E-state index contributed by atoms with van der Waals surface area (Å²) < 4.78 is 56.5. The van der Waals surface area contributed by atoms with Crippen LogP contribution in [0.4, 0.5) is 18.9 Å². The van der Waals surface area contributed by atoms with Crippen LogP contribution in [0.5, 0.6) is 0 Å². The van der Waals surface area contributed by atoms with Crippen molar-refractivity contribution in [2.45, 2.75) is 45.4 Å². The van der Waals surface area contributed by atoms with Gasteiger partial charge in [0, 0.05) is 23.9 Å². The summed E-state index contributed by atoms with van der Waals surface area (Å²) in [6, 6.07) is 8.73. The van der Waals surface area contributed by atoms with Crippen LogP contribution < -0.4 is 5.32 Å². The third-order valence-electron chi connectivity index (χ3n) is 6.09. The number of fused-ring (bicyclic) bond motifs is 1. The van der Waals surface area contributed by atoms with Gasteiger partial charge in [0.1, 0.15) is 11.3 Å². The Bertz CT molecular complexity index is 1510. The average Bonchev–Trinajstić information content (AvgIpc) is 3.50. The second-order valence-electron chi connectivity index (χ2n) is 9.06. The molecular weight excluding hydrogens is 542 g/mol. The van der Waals surface area contributed by atoms with Gasteiger partial charge >= 0.3 is 14.3 Å². The summed E-state index contributed by atoms with van der Waals surface area (Å²) >= 11 is 0. The number of anilines is 1. The largest absolute Gasteiger partial charge is 0.570 e. The van der Waals surface area contributed by atoms with Crippen LogP contribution in [-0.4, -0.2) is 54.1 Å². The van der Waals surface area contributed by atoms with Crippen molar-refractivity contribution in [3.8, 4) is 11.4 Å². The quantitative estimate of drug-likeness (QED) is 0.242. The molecule has 3 heterocycles. The number of amides is 1. The van der Waals surface area contributed by atoms with Crippen molar-refractivity contribution in [3.05, 3.63) is 65.4 Å². The first-order chi connectivity index (χ1) is 18.2. The van der Waals surface area contributed by atoms with E-state index in [0.717, 1.165) is 18.2 Å². The maximum atomic E-state index is 13.6. The highest BCUT2D eigenvalue weighted by Crippen LogP contribution is 2.58. The molecule has 208 valence electrons. The molecular formula is C24H26F3N5O6P+. The molecule has 1 amide bonds. The molecule has 0 aliphatic carbocycles. The Morgan fingerprint density at radius 1 is 1.21 bits per heavy atom. The molecule has 15 heteroatoms. The molecule has 0 aliphatic rings. The lowest BCUT2D eigenvalue weighted by Crippen LogP contribution is -2.45. The normalized spacial score (nSPS) is 14.0. The van der Waals surface area contributed by atoms with E-state index in [1.54, 1.807) is 35.7 Å². The maximum Gasteiger partial charge on any atom is 0.570 e. The molecule has 0 spiro atoms. The zero-order chi connectivity index (χ0) is 28.6. The first-order valence-corrected chi connectivity index (χ1v) is 13.1. The minimum Gasteiger partial charge on any atom is -0.339 e. The lowest BCUT2D eigenvalue weighted by molar-refractivity contribution is -0.251. The van der Waals surface area contributed by atoms with Crippen molar-refractivity contribution >= 4 is 25.4 Å². The molecule has 1 aromatic carbocycles. The smallest absolute Gasteiger partial charge is 0.339 e. The number of nitrogens with one attached hydrogen (secondary N) is 1. The first-order valence-electron chi connectivity index (χ1n) is 11.6. The molecule has 0 fully saturated rings. The number of aromatic nitrogens is 4. The molecule has 0 aliphatic heterocycles. The van der Waals surface area contributed by atoms with Crippen LogP contribution in [0.25, 0.3) is 17.0 Å². The molecule has 0 saturated carbocycles. The minimum atomic E-state index is -4.95. The van der Waals surface area contributed by atoms with E-state index in [-0.39, 0.29) is 18.1 Å². The fourth-order valence-corrected chi connectivity index (χ4v) is 4.48. The van der Waals surface area contributed by atoms with Crippen LogP contribution in [-0.2, 0) is 15.5 Å². The molecule has 0 bridgehead atoms. The summed E-state index contributed by atoms with van der Waals surface area (Å²) in [6.07, 6.45) is -2.85. The number of alkyl halides is 3. The number of benzene rings is 1. The van der Waals surface area contributed by atoms with Crippen molar-refractivity contribution in [2.75, 3.05) is 12.4 Å². The van der Waals surface area contributed by atoms with Gasteiger partial charge in [-0.25, -0.2) is 4.98 Å². The molecule has 39 heavy (non-hydrogen) atoms. The first kappa shape index (κ1) is 28.6. The summed E-state index contributed by atoms with van der Waals surface area (Å²) in [5.74, 6) is -0.438. The van der Waals surface area contributed by atoms with Gasteiger partial charge in [0.05, 0.1) is 13.3 Å². The van der Waals surface area contributed by atoms with Gasteiger partial charge in [-0.15, -0.1) is 4.52 Å². The summed E-state index contributed by atoms with van der Waals surface area (Å²) in [7, 11) is -3.86. The molecule has 3 aromatic heterocycles. The summed E-state index contributed by atoms with van der Waals surface area (Å²) in [4.78, 5) is 40.5. The van der Waals surface area contributed by atoms with E-state index >= 15 is 0 Å². The van der Waals surface area contributed by atoms with Gasteiger partial charge in [-0.2, -0.15) is 32.5 Å². The SMILES string of the molecule is CO[P+](O)(O)OC(C)(CCc1nc(-c2ccc(C)c(NC(=O)c3cnc4cc(C)ccn34)c2)no1)C(F)(F)F. The van der Waals surface area contributed by atoms with E-state index in [4.69, 9.17) is 4.52 Å². The van der Waals surface area contributed by atoms with Gasteiger partial charge in [0.2, 0.25) is 17.3 Å². The summed E-state index contributed by atoms with van der Waals surface area (Å²) in [5.41, 5.74) is 0.676. The van der Waals surface area contributed by atoms with E-state index in [1.807, 2.05) is 19.1 Å². The number of hydrogen-bond donors (Lipinski definition) is 3. The third kappa shape index (κ3) is 6.26. The monoisotopic (exact) mass is 568 g/mol. The Balaban J connectivity index is 1.51. The van der Waals surface area contributed by atoms with Gasteiger partial charge in [-0.1, -0.05) is 17.3 Å². The Kier molecular flexibility index (Phi) is 7.79. The topological polar surface area (TPSA) is 144 Å². The number of nitrogens with zero attached hydrogens (tertiary/aromatic N) is 4. The second kappa shape index (κ2) is 10.6. The van der Waals surface area contributed by atoms with Crippen molar-refractivity contribution in [1.82, 2.24) is 19.5 Å². The van der Waals surface area contributed by atoms with E-state index in [2.05, 4.69) is 29.5 Å². The molecule has 4 rings (SSSR count). The Labute approximate surface area is 221 Å². The Morgan fingerprint density at radius 3 is 2.64 bits per heavy atom. The molecule has 1 unspecified atom stereocenters. The Hall–Kier alpha value is -3.42. The van der Waals surface area contributed by atoms with Crippen LogP contribution in [0.2, 0.25) is 0 Å². The zero-order valence-corrected chi connectivity index (χ0v) is 22.2. The molecule has 0 saturated heterocycles. The molecule has 3 N–H and O–H groups in total. The number of hydrogen-bond acceptors (Lipinski definition) is 9. The van der Waals surface area contributed by atoms with Gasteiger partial charge in [0.25, 0.3) is 5.91 Å². The van der Waals surface area contributed by atoms with Crippen LogP contribution >= 0.6 is 8.17 Å². The molecule has 11 nitrogen and oxygen atoms in total. The lowest BCUT2D eigenvalue weighted by atomic mass is 10.00. The molecule has 4 aromatic rings.